The van der Waals surface area contributed by atoms with Gasteiger partial charge in [-0.05, 0) is 42.1 Å². The molecule has 2 aliphatic heterocycles. The molecule has 0 spiro atoms. The molecule has 198 valence electrons. The van der Waals surface area contributed by atoms with Crippen molar-refractivity contribution in [1.29, 1.82) is 0 Å². The molecule has 5 rings (SSSR count). The number of sulfonamides is 1. The molecule has 2 N–H and O–H groups in total. The number of likely N-dealkylation sites (N-methyl/N-ethyl adjacent to an activating group) is 1. The Balaban J connectivity index is 1.44. The molecular formula is C27H35N5O3S2. The minimum absolute atomic E-state index is 0.0365. The summed E-state index contributed by atoms with van der Waals surface area (Å²) in [7, 11) is -3.98. The summed E-state index contributed by atoms with van der Waals surface area (Å²) in [6.45, 7) is 10.8. The van der Waals surface area contributed by atoms with Crippen molar-refractivity contribution in [3.8, 4) is 0 Å². The van der Waals surface area contributed by atoms with E-state index in [9.17, 15) is 13.2 Å². The molecule has 1 amide bonds. The third-order valence-electron chi connectivity index (χ3n) is 7.26. The summed E-state index contributed by atoms with van der Waals surface area (Å²) in [5.41, 5.74) is 2.51. The standard InChI is InChI=1S/C27H35N5O3S2/c1-4-31-12-14-32(15-13-31)26(33)21(16-24-29-20-9-5-6-10-22(20)36-24)30-37(34,35)23-11-7-8-19-17-27(2,3)18-28-25(19)23/h5-11,21,28,30H,4,12-18H2,1-3H3/t21-/m0/s1. The first-order chi connectivity index (χ1) is 17.6. The number of nitrogens with one attached hydrogen (secondary N) is 2. The highest BCUT2D eigenvalue weighted by Gasteiger charge is 2.35. The van der Waals surface area contributed by atoms with Gasteiger partial charge in [-0.2, -0.15) is 4.72 Å². The Kier molecular flexibility index (Phi) is 7.28. The molecule has 1 fully saturated rings. The number of thiazole rings is 1. The second-order valence-corrected chi connectivity index (χ2v) is 13.5. The number of piperazine rings is 1. The van der Waals surface area contributed by atoms with E-state index >= 15 is 0 Å². The lowest BCUT2D eigenvalue weighted by atomic mass is 9.82. The number of aromatic nitrogens is 1. The molecule has 0 saturated carbocycles. The highest BCUT2D eigenvalue weighted by molar-refractivity contribution is 7.89. The van der Waals surface area contributed by atoms with E-state index in [1.807, 2.05) is 30.3 Å². The van der Waals surface area contributed by atoms with E-state index in [0.29, 0.717) is 25.3 Å². The molecule has 0 bridgehead atoms. The molecule has 3 heterocycles. The first kappa shape index (κ1) is 26.1. The van der Waals surface area contributed by atoms with Crippen LogP contribution in [0.4, 0.5) is 5.69 Å². The van der Waals surface area contributed by atoms with Gasteiger partial charge in [-0.3, -0.25) is 4.79 Å². The zero-order valence-corrected chi connectivity index (χ0v) is 23.3. The molecule has 37 heavy (non-hydrogen) atoms. The summed E-state index contributed by atoms with van der Waals surface area (Å²) < 4.78 is 31.4. The third-order valence-corrected chi connectivity index (χ3v) is 9.83. The SMILES string of the molecule is CCN1CCN(C(=O)[C@H](Cc2nc3ccccc3s2)NS(=O)(=O)c2cccc3c2NCC(C)(C)C3)CC1. The highest BCUT2D eigenvalue weighted by atomic mass is 32.2. The molecule has 3 aromatic rings. The lowest BCUT2D eigenvalue weighted by Crippen LogP contribution is -2.55. The number of carbonyl (C=O) groups is 1. The van der Waals surface area contributed by atoms with Crippen molar-refractivity contribution in [3.05, 3.63) is 53.0 Å². The Labute approximate surface area is 223 Å². The van der Waals surface area contributed by atoms with Crippen molar-refractivity contribution < 1.29 is 13.2 Å². The van der Waals surface area contributed by atoms with Crippen molar-refractivity contribution in [2.45, 2.75) is 44.6 Å². The van der Waals surface area contributed by atoms with Crippen LogP contribution in [0.3, 0.4) is 0 Å². The second kappa shape index (κ2) is 10.3. The molecular weight excluding hydrogens is 506 g/mol. The van der Waals surface area contributed by atoms with Crippen LogP contribution in [-0.4, -0.2) is 74.4 Å². The molecule has 2 aliphatic rings. The molecule has 10 heteroatoms. The summed E-state index contributed by atoms with van der Waals surface area (Å²) in [6, 6.07) is 12.2. The van der Waals surface area contributed by atoms with E-state index in [0.717, 1.165) is 46.8 Å². The van der Waals surface area contributed by atoms with Gasteiger partial charge in [0.15, 0.2) is 0 Å². The van der Waals surface area contributed by atoms with Gasteiger partial charge in [-0.25, -0.2) is 13.4 Å². The van der Waals surface area contributed by atoms with Gasteiger partial charge in [0.05, 0.1) is 20.9 Å². The van der Waals surface area contributed by atoms with E-state index in [2.05, 4.69) is 40.7 Å². The fourth-order valence-electron chi connectivity index (χ4n) is 5.17. The summed E-state index contributed by atoms with van der Waals surface area (Å²) in [6.07, 6.45) is 0.995. The average molecular weight is 542 g/mol. The summed E-state index contributed by atoms with van der Waals surface area (Å²) in [5.74, 6) is -0.197. The molecule has 1 aromatic heterocycles. The quantitative estimate of drug-likeness (QED) is 0.477. The number of rotatable bonds is 7. The maximum atomic E-state index is 13.8. The number of carbonyl (C=O) groups excluding carboxylic acids is 1. The van der Waals surface area contributed by atoms with Crippen LogP contribution in [0.25, 0.3) is 10.2 Å². The molecule has 2 aromatic carbocycles. The van der Waals surface area contributed by atoms with Crippen LogP contribution in [0.2, 0.25) is 0 Å². The van der Waals surface area contributed by atoms with Gasteiger partial charge < -0.3 is 15.1 Å². The molecule has 8 nitrogen and oxygen atoms in total. The molecule has 0 aliphatic carbocycles. The molecule has 0 radical (unpaired) electrons. The van der Waals surface area contributed by atoms with Gasteiger partial charge in [0.25, 0.3) is 0 Å². The zero-order valence-electron chi connectivity index (χ0n) is 21.7. The number of amides is 1. The maximum Gasteiger partial charge on any atom is 0.243 e. The average Bonchev–Trinajstić information content (AvgIpc) is 3.29. The van der Waals surface area contributed by atoms with Gasteiger partial charge in [0.2, 0.25) is 15.9 Å². The Morgan fingerprint density at radius 1 is 1.14 bits per heavy atom. The summed E-state index contributed by atoms with van der Waals surface area (Å²) in [4.78, 5) is 22.7. The molecule has 0 unspecified atom stereocenters. The van der Waals surface area contributed by atoms with Gasteiger partial charge in [-0.15, -0.1) is 11.3 Å². The summed E-state index contributed by atoms with van der Waals surface area (Å²) in [5, 5.41) is 4.08. The maximum absolute atomic E-state index is 13.8. The Morgan fingerprint density at radius 3 is 2.62 bits per heavy atom. The number of para-hydroxylation sites is 2. The van der Waals surface area contributed by atoms with E-state index in [1.54, 1.807) is 17.0 Å². The monoisotopic (exact) mass is 541 g/mol. The second-order valence-electron chi connectivity index (χ2n) is 10.7. The fraction of sp³-hybridized carbons (Fsp3) is 0.481. The van der Waals surface area contributed by atoms with Crippen molar-refractivity contribution in [1.82, 2.24) is 19.5 Å². The van der Waals surface area contributed by atoms with Crippen LogP contribution >= 0.6 is 11.3 Å². The number of anilines is 1. The van der Waals surface area contributed by atoms with E-state index in [1.165, 1.54) is 11.3 Å². The number of benzene rings is 2. The van der Waals surface area contributed by atoms with Crippen LogP contribution in [0.15, 0.2) is 47.4 Å². The van der Waals surface area contributed by atoms with Crippen LogP contribution in [0, 0.1) is 5.41 Å². The topological polar surface area (TPSA) is 94.6 Å². The van der Waals surface area contributed by atoms with Crippen molar-refractivity contribution in [2.24, 2.45) is 5.41 Å². The smallest absolute Gasteiger partial charge is 0.243 e. The van der Waals surface area contributed by atoms with Gasteiger partial charge >= 0.3 is 0 Å². The number of fused-ring (bicyclic) bond motifs is 2. The van der Waals surface area contributed by atoms with E-state index in [-0.39, 0.29) is 22.6 Å². The lowest BCUT2D eigenvalue weighted by molar-refractivity contribution is -0.134. The largest absolute Gasteiger partial charge is 0.383 e. The van der Waals surface area contributed by atoms with Crippen LogP contribution < -0.4 is 10.0 Å². The van der Waals surface area contributed by atoms with Crippen LogP contribution in [0.1, 0.15) is 31.3 Å². The van der Waals surface area contributed by atoms with E-state index in [4.69, 9.17) is 0 Å². The number of nitrogens with zero attached hydrogens (tertiary/aromatic N) is 3. The summed E-state index contributed by atoms with van der Waals surface area (Å²) >= 11 is 1.50. The molecule has 1 saturated heterocycles. The van der Waals surface area contributed by atoms with Crippen molar-refractivity contribution in [3.63, 3.8) is 0 Å². The Bertz CT molecular complexity index is 1360. The fourth-order valence-corrected chi connectivity index (χ4v) is 7.60. The highest BCUT2D eigenvalue weighted by Crippen LogP contribution is 2.36. The molecule has 1 atom stereocenters. The van der Waals surface area contributed by atoms with Gasteiger partial charge in [0.1, 0.15) is 10.9 Å². The minimum atomic E-state index is -3.98. The number of hydrogen-bond acceptors (Lipinski definition) is 7. The van der Waals surface area contributed by atoms with Gasteiger partial charge in [-0.1, -0.05) is 45.0 Å². The zero-order chi connectivity index (χ0) is 26.2. The minimum Gasteiger partial charge on any atom is -0.383 e. The predicted octanol–water partition coefficient (Wildman–Crippen LogP) is 3.34. The Morgan fingerprint density at radius 2 is 1.89 bits per heavy atom. The third kappa shape index (κ3) is 5.67. The Hall–Kier alpha value is -2.53. The van der Waals surface area contributed by atoms with Crippen LogP contribution in [0.5, 0.6) is 0 Å². The van der Waals surface area contributed by atoms with Crippen LogP contribution in [-0.2, 0) is 27.7 Å². The first-order valence-electron chi connectivity index (χ1n) is 12.9. The van der Waals surface area contributed by atoms with E-state index < -0.39 is 16.1 Å². The first-order valence-corrected chi connectivity index (χ1v) is 15.2. The van der Waals surface area contributed by atoms with Crippen molar-refractivity contribution >= 4 is 43.2 Å². The lowest BCUT2D eigenvalue weighted by Gasteiger charge is -2.36. The predicted molar refractivity (Wildman–Crippen MR) is 149 cm³/mol. The van der Waals surface area contributed by atoms with Gasteiger partial charge in [0, 0.05) is 39.1 Å². The number of hydrogen-bond donors (Lipinski definition) is 2. The van der Waals surface area contributed by atoms with Crippen molar-refractivity contribution in [2.75, 3.05) is 44.6 Å². The normalized spacial score (nSPS) is 18.8.